The molecule has 21 heavy (non-hydrogen) atoms. The average Bonchev–Trinajstić information content (AvgIpc) is 2.88. The van der Waals surface area contributed by atoms with Crippen molar-refractivity contribution in [2.24, 2.45) is 11.1 Å². The Bertz CT molecular complexity index is 466. The number of hydrogen-bond acceptors (Lipinski definition) is 5. The van der Waals surface area contributed by atoms with Gasteiger partial charge < -0.3 is 11.1 Å². The Morgan fingerprint density at radius 3 is 2.52 bits per heavy atom. The van der Waals surface area contributed by atoms with Crippen molar-refractivity contribution >= 4 is 34.8 Å². The molecule has 0 aromatic carbocycles. The zero-order valence-electron chi connectivity index (χ0n) is 11.5. The Balaban J connectivity index is 0.00000220. The fraction of sp³-hybridized carbons (Fsp3) is 0.750. The number of carbonyl (C=O) groups is 1. The van der Waals surface area contributed by atoms with Crippen molar-refractivity contribution in [2.75, 3.05) is 11.9 Å². The van der Waals surface area contributed by atoms with Gasteiger partial charge in [0.05, 0.1) is 0 Å². The van der Waals surface area contributed by atoms with E-state index in [0.29, 0.717) is 24.3 Å². The summed E-state index contributed by atoms with van der Waals surface area (Å²) in [7, 11) is 0. The van der Waals surface area contributed by atoms with Gasteiger partial charge in [-0.05, 0) is 24.8 Å². The molecule has 0 saturated heterocycles. The molecule has 0 aliphatic heterocycles. The van der Waals surface area contributed by atoms with Crippen LogP contribution in [0.1, 0.15) is 50.0 Å². The van der Waals surface area contributed by atoms with Crippen molar-refractivity contribution in [1.29, 1.82) is 0 Å². The molecule has 1 aromatic heterocycles. The molecule has 9 heteroatoms. The van der Waals surface area contributed by atoms with E-state index < -0.39 is 6.43 Å². The van der Waals surface area contributed by atoms with Crippen LogP contribution in [0.5, 0.6) is 0 Å². The number of halogens is 3. The van der Waals surface area contributed by atoms with Gasteiger partial charge in [-0.3, -0.25) is 4.79 Å². The fourth-order valence-electron chi connectivity index (χ4n) is 2.63. The van der Waals surface area contributed by atoms with Crippen LogP contribution in [0.25, 0.3) is 0 Å². The molecule has 0 atom stereocenters. The standard InChI is InChI=1S/C12H18F2N4OS.ClH/c13-9(14)10-17-18-11(20-10)16-8(19)6-12(7-15)4-2-1-3-5-12;/h9H,1-7,15H2,(H,16,18,19);1H. The highest BCUT2D eigenvalue weighted by Gasteiger charge is 2.33. The Kier molecular flexibility index (Phi) is 6.89. The largest absolute Gasteiger partial charge is 0.330 e. The number of anilines is 1. The maximum Gasteiger partial charge on any atom is 0.291 e. The lowest BCUT2D eigenvalue weighted by atomic mass is 9.72. The summed E-state index contributed by atoms with van der Waals surface area (Å²) in [6.45, 7) is 0.471. The van der Waals surface area contributed by atoms with E-state index in [2.05, 4.69) is 15.5 Å². The number of nitrogens with one attached hydrogen (secondary N) is 1. The van der Waals surface area contributed by atoms with Crippen LogP contribution in [-0.2, 0) is 4.79 Å². The van der Waals surface area contributed by atoms with Crippen molar-refractivity contribution in [3.05, 3.63) is 5.01 Å². The highest BCUT2D eigenvalue weighted by atomic mass is 35.5. The highest BCUT2D eigenvalue weighted by Crippen LogP contribution is 2.38. The van der Waals surface area contributed by atoms with E-state index in [0.717, 1.165) is 25.7 Å². The Labute approximate surface area is 132 Å². The molecule has 2 rings (SSSR count). The van der Waals surface area contributed by atoms with E-state index in [9.17, 15) is 13.6 Å². The second-order valence-corrected chi connectivity index (χ2v) is 6.24. The monoisotopic (exact) mass is 340 g/mol. The lowest BCUT2D eigenvalue weighted by Crippen LogP contribution is -2.36. The molecule has 0 bridgehead atoms. The second kappa shape index (κ2) is 7.95. The van der Waals surface area contributed by atoms with E-state index in [1.165, 1.54) is 6.42 Å². The molecular weight excluding hydrogens is 322 g/mol. The van der Waals surface area contributed by atoms with Crippen LogP contribution >= 0.6 is 23.7 Å². The summed E-state index contributed by atoms with van der Waals surface area (Å²) < 4.78 is 24.8. The van der Waals surface area contributed by atoms with E-state index in [1.54, 1.807) is 0 Å². The van der Waals surface area contributed by atoms with Gasteiger partial charge in [0.2, 0.25) is 11.0 Å². The number of rotatable bonds is 5. The van der Waals surface area contributed by atoms with Gasteiger partial charge in [0, 0.05) is 6.42 Å². The molecule has 1 saturated carbocycles. The average molecular weight is 341 g/mol. The summed E-state index contributed by atoms with van der Waals surface area (Å²) in [4.78, 5) is 12.0. The van der Waals surface area contributed by atoms with Gasteiger partial charge in [0.25, 0.3) is 6.43 Å². The molecule has 5 nitrogen and oxygen atoms in total. The van der Waals surface area contributed by atoms with Crippen LogP contribution in [0.4, 0.5) is 13.9 Å². The zero-order chi connectivity index (χ0) is 14.6. The van der Waals surface area contributed by atoms with Gasteiger partial charge >= 0.3 is 0 Å². The summed E-state index contributed by atoms with van der Waals surface area (Å²) >= 11 is 0.702. The third kappa shape index (κ3) is 4.82. The molecule has 1 aliphatic rings. The van der Waals surface area contributed by atoms with Crippen LogP contribution < -0.4 is 11.1 Å². The normalized spacial score (nSPS) is 17.3. The lowest BCUT2D eigenvalue weighted by Gasteiger charge is -2.35. The third-order valence-corrected chi connectivity index (χ3v) is 4.60. The van der Waals surface area contributed by atoms with Gasteiger partial charge in [-0.2, -0.15) is 0 Å². The third-order valence-electron chi connectivity index (χ3n) is 3.76. The molecule has 0 unspecified atom stereocenters. The lowest BCUT2D eigenvalue weighted by molar-refractivity contribution is -0.118. The summed E-state index contributed by atoms with van der Waals surface area (Å²) in [6.07, 6.45) is 2.87. The minimum absolute atomic E-state index is 0. The van der Waals surface area contributed by atoms with E-state index in [4.69, 9.17) is 5.73 Å². The van der Waals surface area contributed by atoms with Gasteiger partial charge in [-0.25, -0.2) is 8.78 Å². The molecule has 0 radical (unpaired) electrons. The zero-order valence-corrected chi connectivity index (χ0v) is 13.1. The maximum absolute atomic E-state index is 12.4. The van der Waals surface area contributed by atoms with Crippen LogP contribution in [0.3, 0.4) is 0 Å². The first-order chi connectivity index (χ1) is 9.54. The predicted octanol–water partition coefficient (Wildman–Crippen LogP) is 3.14. The molecular formula is C12H19ClF2N4OS. The first-order valence-electron chi connectivity index (χ1n) is 6.66. The number of carbonyl (C=O) groups excluding carboxylic acids is 1. The van der Waals surface area contributed by atoms with Gasteiger partial charge in [-0.1, -0.05) is 30.6 Å². The maximum atomic E-state index is 12.4. The smallest absolute Gasteiger partial charge is 0.291 e. The van der Waals surface area contributed by atoms with E-state index in [1.807, 2.05) is 0 Å². The number of hydrogen-bond donors (Lipinski definition) is 2. The van der Waals surface area contributed by atoms with Crippen molar-refractivity contribution in [1.82, 2.24) is 10.2 Å². The predicted molar refractivity (Wildman–Crippen MR) is 79.9 cm³/mol. The molecule has 0 spiro atoms. The Hall–Kier alpha value is -0.860. The highest BCUT2D eigenvalue weighted by molar-refractivity contribution is 7.15. The quantitative estimate of drug-likeness (QED) is 0.862. The SMILES string of the molecule is Cl.NCC1(CC(=O)Nc2nnc(C(F)F)s2)CCCCC1. The number of nitrogens with two attached hydrogens (primary N) is 1. The first kappa shape index (κ1) is 18.2. The van der Waals surface area contributed by atoms with Crippen molar-refractivity contribution in [3.63, 3.8) is 0 Å². The van der Waals surface area contributed by atoms with Gasteiger partial charge in [0.15, 0.2) is 5.01 Å². The molecule has 1 fully saturated rings. The summed E-state index contributed by atoms with van der Waals surface area (Å²) in [5.41, 5.74) is 5.67. The minimum Gasteiger partial charge on any atom is -0.330 e. The summed E-state index contributed by atoms with van der Waals surface area (Å²) in [5.74, 6) is -0.227. The first-order valence-corrected chi connectivity index (χ1v) is 7.48. The molecule has 3 N–H and O–H groups in total. The fourth-order valence-corrected chi connectivity index (χ4v) is 3.25. The van der Waals surface area contributed by atoms with Crippen LogP contribution in [-0.4, -0.2) is 22.6 Å². The Morgan fingerprint density at radius 2 is 2.00 bits per heavy atom. The van der Waals surface area contributed by atoms with Gasteiger partial charge in [-0.15, -0.1) is 22.6 Å². The number of aromatic nitrogens is 2. The van der Waals surface area contributed by atoms with E-state index in [-0.39, 0.29) is 33.9 Å². The topological polar surface area (TPSA) is 80.9 Å². The number of alkyl halides is 2. The summed E-state index contributed by atoms with van der Waals surface area (Å²) in [5, 5.41) is 9.15. The van der Waals surface area contributed by atoms with Crippen LogP contribution in [0.2, 0.25) is 0 Å². The number of amides is 1. The van der Waals surface area contributed by atoms with E-state index >= 15 is 0 Å². The van der Waals surface area contributed by atoms with Crippen molar-refractivity contribution < 1.29 is 13.6 Å². The number of nitrogens with zero attached hydrogens (tertiary/aromatic N) is 2. The molecule has 120 valence electrons. The molecule has 1 aliphatic carbocycles. The van der Waals surface area contributed by atoms with Crippen LogP contribution in [0.15, 0.2) is 0 Å². The van der Waals surface area contributed by atoms with Crippen LogP contribution in [0, 0.1) is 5.41 Å². The minimum atomic E-state index is -2.66. The molecule has 1 amide bonds. The molecule has 1 aromatic rings. The van der Waals surface area contributed by atoms with Crippen molar-refractivity contribution in [2.45, 2.75) is 45.0 Å². The second-order valence-electron chi connectivity index (χ2n) is 5.24. The van der Waals surface area contributed by atoms with Crippen molar-refractivity contribution in [3.8, 4) is 0 Å². The molecule has 1 heterocycles. The Morgan fingerprint density at radius 1 is 1.33 bits per heavy atom. The summed E-state index contributed by atoms with van der Waals surface area (Å²) in [6, 6.07) is 0. The van der Waals surface area contributed by atoms with Gasteiger partial charge in [0.1, 0.15) is 0 Å².